The number of aromatic nitrogens is 3. The van der Waals surface area contributed by atoms with Gasteiger partial charge in [0.25, 0.3) is 0 Å². The van der Waals surface area contributed by atoms with Crippen LogP contribution in [0.25, 0.3) is 11.3 Å². The summed E-state index contributed by atoms with van der Waals surface area (Å²) in [6.07, 6.45) is -0.710. The molecule has 2 atom stereocenters. The number of amides is 1. The van der Waals surface area contributed by atoms with Crippen molar-refractivity contribution in [3.8, 4) is 11.3 Å². The Hall–Kier alpha value is -3.25. The molecule has 2 unspecified atom stereocenters. The van der Waals surface area contributed by atoms with Gasteiger partial charge < -0.3 is 4.90 Å². The van der Waals surface area contributed by atoms with E-state index in [1.165, 1.54) is 16.4 Å². The summed E-state index contributed by atoms with van der Waals surface area (Å²) in [5, 5.41) is 8.34. The molecule has 42 heavy (non-hydrogen) atoms. The molecular formula is C30H36F3N5O3S. The second-order valence-electron chi connectivity index (χ2n) is 11.5. The van der Waals surface area contributed by atoms with Gasteiger partial charge in [0.05, 0.1) is 22.7 Å². The summed E-state index contributed by atoms with van der Waals surface area (Å²) in [5.41, 5.74) is 4.92. The van der Waals surface area contributed by atoms with E-state index >= 15 is 0 Å². The van der Waals surface area contributed by atoms with Crippen molar-refractivity contribution in [2.75, 3.05) is 26.2 Å². The summed E-state index contributed by atoms with van der Waals surface area (Å²) in [5.74, 6) is -0.184. The van der Waals surface area contributed by atoms with Crippen molar-refractivity contribution < 1.29 is 26.4 Å². The highest BCUT2D eigenvalue weighted by molar-refractivity contribution is 7.89. The Kier molecular flexibility index (Phi) is 7.99. The van der Waals surface area contributed by atoms with Gasteiger partial charge in [-0.2, -0.15) is 17.5 Å². The lowest BCUT2D eigenvalue weighted by atomic mass is 9.95. The number of hydrogen-bond donors (Lipinski definition) is 0. The molecule has 5 rings (SSSR count). The predicted octanol–water partition coefficient (Wildman–Crippen LogP) is 5.38. The number of benzene rings is 2. The van der Waals surface area contributed by atoms with Crippen LogP contribution < -0.4 is 0 Å². The smallest absolute Gasteiger partial charge is 0.340 e. The topological polar surface area (TPSA) is 88.4 Å². The third-order valence-corrected chi connectivity index (χ3v) is 11.4. The average Bonchev–Trinajstić information content (AvgIpc) is 3.65. The van der Waals surface area contributed by atoms with Gasteiger partial charge in [0.15, 0.2) is 0 Å². The molecule has 1 saturated carbocycles. The SMILES string of the molecule is Cc1c(C)c(C)c(S(=O)(=O)N2CCN(C(=O)C3CCC(n4cc(-c5ccc(C(F)(F)F)cc5)nn4)C3)CC2)c(C)c1C. The molecule has 0 N–H and O–H groups in total. The van der Waals surface area contributed by atoms with Gasteiger partial charge in [0, 0.05) is 37.7 Å². The molecule has 1 aromatic heterocycles. The number of nitrogens with zero attached hydrogens (tertiary/aromatic N) is 5. The Labute approximate surface area is 244 Å². The monoisotopic (exact) mass is 603 g/mol. The van der Waals surface area contributed by atoms with Crippen LogP contribution in [-0.2, 0) is 21.0 Å². The van der Waals surface area contributed by atoms with Crippen LogP contribution in [0.5, 0.6) is 0 Å². The molecule has 3 aromatic rings. The van der Waals surface area contributed by atoms with Crippen LogP contribution in [0.15, 0.2) is 35.4 Å². The highest BCUT2D eigenvalue weighted by atomic mass is 32.2. The minimum atomic E-state index is -4.40. The van der Waals surface area contributed by atoms with Crippen LogP contribution in [0, 0.1) is 40.5 Å². The number of piperazine rings is 1. The molecule has 8 nitrogen and oxygen atoms in total. The number of alkyl halides is 3. The molecule has 2 aromatic carbocycles. The zero-order valence-electron chi connectivity index (χ0n) is 24.5. The summed E-state index contributed by atoms with van der Waals surface area (Å²) in [7, 11) is -3.71. The van der Waals surface area contributed by atoms with E-state index in [-0.39, 0.29) is 31.0 Å². The minimum absolute atomic E-state index is 0.0204. The fourth-order valence-corrected chi connectivity index (χ4v) is 8.21. The maximum atomic E-state index is 13.7. The van der Waals surface area contributed by atoms with E-state index in [1.54, 1.807) is 15.8 Å². The highest BCUT2D eigenvalue weighted by Gasteiger charge is 2.38. The molecule has 1 aliphatic heterocycles. The number of rotatable bonds is 5. The third kappa shape index (κ3) is 5.46. The lowest BCUT2D eigenvalue weighted by Gasteiger charge is -2.36. The van der Waals surface area contributed by atoms with E-state index in [9.17, 15) is 26.4 Å². The number of carbonyl (C=O) groups is 1. The van der Waals surface area contributed by atoms with E-state index in [4.69, 9.17) is 0 Å². The fraction of sp³-hybridized carbons (Fsp3) is 0.500. The first-order valence-electron chi connectivity index (χ1n) is 14.2. The van der Waals surface area contributed by atoms with E-state index in [0.717, 1.165) is 46.4 Å². The summed E-state index contributed by atoms with van der Waals surface area (Å²) in [6.45, 7) is 10.8. The van der Waals surface area contributed by atoms with Gasteiger partial charge in [-0.15, -0.1) is 5.10 Å². The molecule has 226 valence electrons. The first kappa shape index (κ1) is 30.2. The van der Waals surface area contributed by atoms with Crippen molar-refractivity contribution in [1.29, 1.82) is 0 Å². The van der Waals surface area contributed by atoms with Crippen LogP contribution in [0.2, 0.25) is 0 Å². The van der Waals surface area contributed by atoms with Crippen molar-refractivity contribution in [1.82, 2.24) is 24.2 Å². The van der Waals surface area contributed by atoms with Crippen LogP contribution in [-0.4, -0.2) is 64.7 Å². The second-order valence-corrected chi connectivity index (χ2v) is 13.4. The summed E-state index contributed by atoms with van der Waals surface area (Å²) in [4.78, 5) is 15.5. The number of sulfonamides is 1. The van der Waals surface area contributed by atoms with Gasteiger partial charge >= 0.3 is 6.18 Å². The molecular weight excluding hydrogens is 567 g/mol. The van der Waals surface area contributed by atoms with Crippen molar-refractivity contribution in [2.24, 2.45) is 5.92 Å². The number of hydrogen-bond acceptors (Lipinski definition) is 5. The summed E-state index contributed by atoms with van der Waals surface area (Å²) >= 11 is 0. The first-order chi connectivity index (χ1) is 19.7. The van der Waals surface area contributed by atoms with Crippen molar-refractivity contribution in [3.05, 3.63) is 63.8 Å². The molecule has 0 bridgehead atoms. The lowest BCUT2D eigenvalue weighted by molar-refractivity contribution is -0.138. The average molecular weight is 604 g/mol. The fourth-order valence-electron chi connectivity index (χ4n) is 6.23. The normalized spacial score (nSPS) is 20.3. The first-order valence-corrected chi connectivity index (χ1v) is 15.6. The molecule has 12 heteroatoms. The van der Waals surface area contributed by atoms with E-state index in [2.05, 4.69) is 10.3 Å². The molecule has 1 amide bonds. The maximum absolute atomic E-state index is 13.7. The van der Waals surface area contributed by atoms with Crippen molar-refractivity contribution >= 4 is 15.9 Å². The Bertz CT molecular complexity index is 1580. The van der Waals surface area contributed by atoms with Gasteiger partial charge in [-0.3, -0.25) is 4.79 Å². The van der Waals surface area contributed by atoms with E-state index < -0.39 is 21.8 Å². The zero-order valence-corrected chi connectivity index (χ0v) is 25.3. The summed E-state index contributed by atoms with van der Waals surface area (Å²) in [6, 6.07) is 4.75. The van der Waals surface area contributed by atoms with Gasteiger partial charge in [0.2, 0.25) is 15.9 Å². The molecule has 0 radical (unpaired) electrons. The highest BCUT2D eigenvalue weighted by Crippen LogP contribution is 2.37. The van der Waals surface area contributed by atoms with Crippen molar-refractivity contribution in [3.63, 3.8) is 0 Å². The van der Waals surface area contributed by atoms with Gasteiger partial charge in [-0.05, 0) is 93.8 Å². The molecule has 0 spiro atoms. The van der Waals surface area contributed by atoms with Crippen LogP contribution in [0.4, 0.5) is 13.2 Å². The van der Waals surface area contributed by atoms with E-state index in [0.29, 0.717) is 42.1 Å². The largest absolute Gasteiger partial charge is 0.416 e. The maximum Gasteiger partial charge on any atom is 0.416 e. The van der Waals surface area contributed by atoms with E-state index in [1.807, 2.05) is 34.6 Å². The van der Waals surface area contributed by atoms with Crippen LogP contribution >= 0.6 is 0 Å². The van der Waals surface area contributed by atoms with Gasteiger partial charge in [0.1, 0.15) is 5.69 Å². The van der Waals surface area contributed by atoms with Crippen LogP contribution in [0.1, 0.15) is 58.7 Å². The predicted molar refractivity (Wildman–Crippen MR) is 152 cm³/mol. The number of halogens is 3. The number of carbonyl (C=O) groups excluding carboxylic acids is 1. The van der Waals surface area contributed by atoms with Crippen molar-refractivity contribution in [2.45, 2.75) is 71.0 Å². The Morgan fingerprint density at radius 2 is 1.43 bits per heavy atom. The second kappa shape index (κ2) is 11.1. The quantitative estimate of drug-likeness (QED) is 0.391. The summed E-state index contributed by atoms with van der Waals surface area (Å²) < 4.78 is 69.2. The molecule has 2 heterocycles. The molecule has 1 aliphatic carbocycles. The lowest BCUT2D eigenvalue weighted by Crippen LogP contribution is -2.51. The minimum Gasteiger partial charge on any atom is -0.340 e. The molecule has 2 fully saturated rings. The van der Waals surface area contributed by atoms with Crippen LogP contribution in [0.3, 0.4) is 0 Å². The Balaban J connectivity index is 1.21. The van der Waals surface area contributed by atoms with Gasteiger partial charge in [-0.1, -0.05) is 17.3 Å². The molecule has 2 aliphatic rings. The third-order valence-electron chi connectivity index (χ3n) is 9.23. The van der Waals surface area contributed by atoms with Gasteiger partial charge in [-0.25, -0.2) is 13.1 Å². The molecule has 1 saturated heterocycles. The Morgan fingerprint density at radius 3 is 2.00 bits per heavy atom. The zero-order chi connectivity index (χ0) is 30.6. The standard InChI is InChI=1S/C30H36F3N5O3S/c1-18-19(2)21(4)28(22(5)20(18)3)42(40,41)37-14-12-36(13-15-37)29(39)24-8-11-26(16-24)38-17-27(34-35-38)23-6-9-25(10-7-23)30(31,32)33/h6-7,9-10,17,24,26H,8,11-16H2,1-5H3. The Morgan fingerprint density at radius 1 is 0.857 bits per heavy atom.